The monoisotopic (exact) mass is 431 g/mol. The fourth-order valence-corrected chi connectivity index (χ4v) is 4.34. The lowest BCUT2D eigenvalue weighted by molar-refractivity contribution is -0.190. The molecule has 0 amide bonds. The SMILES string of the molecule is COc1cnc(Cl)nc1NCC12CCC(c3nc(C(F)(F)F)cn3C)(CC1)OC2. The van der Waals surface area contributed by atoms with Gasteiger partial charge >= 0.3 is 6.18 Å². The van der Waals surface area contributed by atoms with Gasteiger partial charge in [0.05, 0.1) is 19.9 Å². The van der Waals surface area contributed by atoms with Gasteiger partial charge in [-0.25, -0.2) is 9.97 Å². The largest absolute Gasteiger partial charge is 0.491 e. The Labute approximate surface area is 170 Å². The van der Waals surface area contributed by atoms with E-state index < -0.39 is 17.5 Å². The Kier molecular flexibility index (Phi) is 4.89. The summed E-state index contributed by atoms with van der Waals surface area (Å²) in [6.45, 7) is 1.01. The van der Waals surface area contributed by atoms with Crippen LogP contribution in [0, 0.1) is 5.41 Å². The summed E-state index contributed by atoms with van der Waals surface area (Å²) in [6, 6.07) is 0. The van der Waals surface area contributed by atoms with Crippen LogP contribution in [0.25, 0.3) is 0 Å². The van der Waals surface area contributed by atoms with Crippen LogP contribution >= 0.6 is 11.6 Å². The number of hydrogen-bond donors (Lipinski definition) is 1. The van der Waals surface area contributed by atoms with Crippen molar-refractivity contribution in [3.8, 4) is 5.75 Å². The molecule has 7 nitrogen and oxygen atoms in total. The van der Waals surface area contributed by atoms with E-state index in [1.165, 1.54) is 17.9 Å². The molecule has 5 rings (SSSR count). The summed E-state index contributed by atoms with van der Waals surface area (Å²) in [5.41, 5.74) is -1.79. The molecule has 0 aromatic carbocycles. The maximum atomic E-state index is 13.0. The van der Waals surface area contributed by atoms with Gasteiger partial charge in [-0.3, -0.25) is 0 Å². The second kappa shape index (κ2) is 7.02. The molecule has 11 heteroatoms. The highest BCUT2D eigenvalue weighted by atomic mass is 35.5. The minimum atomic E-state index is -4.47. The van der Waals surface area contributed by atoms with E-state index in [1.807, 2.05) is 0 Å². The summed E-state index contributed by atoms with van der Waals surface area (Å²) < 4.78 is 52.0. The van der Waals surface area contributed by atoms with Crippen LogP contribution in [0.4, 0.5) is 19.0 Å². The quantitative estimate of drug-likeness (QED) is 0.726. The van der Waals surface area contributed by atoms with Gasteiger partial charge in [0.2, 0.25) is 5.28 Å². The molecule has 0 unspecified atom stereocenters. The van der Waals surface area contributed by atoms with Crippen LogP contribution in [0.3, 0.4) is 0 Å². The predicted octanol–water partition coefficient (Wildman–Crippen LogP) is 3.79. The smallest absolute Gasteiger partial charge is 0.434 e. The van der Waals surface area contributed by atoms with Crippen LogP contribution in [-0.4, -0.2) is 39.8 Å². The minimum Gasteiger partial charge on any atom is -0.491 e. The second-order valence-corrected chi connectivity index (χ2v) is 8.09. The highest BCUT2D eigenvalue weighted by molar-refractivity contribution is 6.28. The number of nitrogens with one attached hydrogen (secondary N) is 1. The minimum absolute atomic E-state index is 0.114. The number of alkyl halides is 3. The predicted molar refractivity (Wildman–Crippen MR) is 98.8 cm³/mol. The van der Waals surface area contributed by atoms with Gasteiger partial charge in [-0.05, 0) is 37.3 Å². The highest BCUT2D eigenvalue weighted by Crippen LogP contribution is 2.53. The molecule has 2 aromatic heterocycles. The maximum Gasteiger partial charge on any atom is 0.434 e. The number of hydrogen-bond acceptors (Lipinski definition) is 6. The van der Waals surface area contributed by atoms with Crippen molar-refractivity contribution in [2.24, 2.45) is 12.5 Å². The molecule has 0 atom stereocenters. The summed E-state index contributed by atoms with van der Waals surface area (Å²) in [7, 11) is 3.11. The maximum absolute atomic E-state index is 13.0. The molecule has 2 saturated heterocycles. The number of anilines is 1. The highest BCUT2D eigenvalue weighted by Gasteiger charge is 2.53. The summed E-state index contributed by atoms with van der Waals surface area (Å²) in [4.78, 5) is 11.9. The number of fused-ring (bicyclic) bond motifs is 3. The van der Waals surface area contributed by atoms with Crippen molar-refractivity contribution < 1.29 is 22.6 Å². The van der Waals surface area contributed by atoms with E-state index >= 15 is 0 Å². The van der Waals surface area contributed by atoms with Crippen molar-refractivity contribution in [1.29, 1.82) is 0 Å². The normalized spacial score (nSPS) is 26.6. The lowest BCUT2D eigenvalue weighted by atomic mass is 9.65. The Morgan fingerprint density at radius 1 is 1.28 bits per heavy atom. The average molecular weight is 432 g/mol. The van der Waals surface area contributed by atoms with Gasteiger partial charge in [0.25, 0.3) is 0 Å². The van der Waals surface area contributed by atoms with Crippen LogP contribution in [0.1, 0.15) is 37.2 Å². The molecule has 1 aliphatic carbocycles. The summed E-state index contributed by atoms with van der Waals surface area (Å²) in [5, 5.41) is 3.38. The number of methoxy groups -OCH3 is 1. The molecule has 2 aromatic rings. The Balaban J connectivity index is 1.48. The number of aryl methyl sites for hydroxylation is 1. The zero-order chi connectivity index (χ0) is 20.9. The number of halogens is 4. The van der Waals surface area contributed by atoms with Crippen molar-refractivity contribution in [3.05, 3.63) is 29.2 Å². The third kappa shape index (κ3) is 3.63. The number of aromatic nitrogens is 4. The van der Waals surface area contributed by atoms with Crippen molar-refractivity contribution in [2.75, 3.05) is 25.6 Å². The Bertz CT molecular complexity index is 893. The molecule has 4 heterocycles. The molecule has 1 N–H and O–H groups in total. The van der Waals surface area contributed by atoms with E-state index in [-0.39, 0.29) is 10.7 Å². The van der Waals surface area contributed by atoms with E-state index in [2.05, 4.69) is 20.3 Å². The van der Waals surface area contributed by atoms with E-state index in [1.54, 1.807) is 7.05 Å². The Morgan fingerprint density at radius 3 is 2.55 bits per heavy atom. The van der Waals surface area contributed by atoms with Gasteiger partial charge in [-0.1, -0.05) is 0 Å². The van der Waals surface area contributed by atoms with Gasteiger partial charge in [0.1, 0.15) is 11.4 Å². The first kappa shape index (κ1) is 20.2. The van der Waals surface area contributed by atoms with E-state index in [4.69, 9.17) is 21.1 Å². The van der Waals surface area contributed by atoms with Crippen molar-refractivity contribution in [1.82, 2.24) is 19.5 Å². The first-order valence-electron chi connectivity index (χ1n) is 9.22. The molecule has 2 bridgehead atoms. The standard InChI is InChI=1S/C18H21ClF3N5O2/c1-27-8-12(18(20,21)22)25-14(27)17-5-3-16(4-6-17,10-29-17)9-24-13-11(28-2)7-23-15(19)26-13/h7-8H,3-6,9-10H2,1-2H3,(H,23,24,26). The van der Waals surface area contributed by atoms with Crippen molar-refractivity contribution in [3.63, 3.8) is 0 Å². The Hall–Kier alpha value is -2.07. The summed E-state index contributed by atoms with van der Waals surface area (Å²) in [6.07, 6.45) is 0.873. The van der Waals surface area contributed by atoms with Gasteiger partial charge in [0.15, 0.2) is 17.3 Å². The van der Waals surface area contributed by atoms with Gasteiger partial charge < -0.3 is 19.4 Å². The fraction of sp³-hybridized carbons (Fsp3) is 0.611. The number of rotatable bonds is 5. The average Bonchev–Trinajstić information content (AvgIpc) is 3.11. The lowest BCUT2D eigenvalue weighted by Gasteiger charge is -2.52. The molecule has 3 fully saturated rings. The van der Waals surface area contributed by atoms with Crippen LogP contribution in [0.5, 0.6) is 5.75 Å². The van der Waals surface area contributed by atoms with Crippen LogP contribution in [0.15, 0.2) is 12.4 Å². The first-order valence-corrected chi connectivity index (χ1v) is 9.60. The van der Waals surface area contributed by atoms with Gasteiger partial charge in [0, 0.05) is 25.2 Å². The van der Waals surface area contributed by atoms with E-state index in [9.17, 15) is 13.2 Å². The molecule has 1 saturated carbocycles. The van der Waals surface area contributed by atoms with Crippen LogP contribution < -0.4 is 10.1 Å². The van der Waals surface area contributed by atoms with Crippen molar-refractivity contribution in [2.45, 2.75) is 37.5 Å². The second-order valence-electron chi connectivity index (χ2n) is 7.75. The molecule has 29 heavy (non-hydrogen) atoms. The molecule has 0 radical (unpaired) electrons. The summed E-state index contributed by atoms with van der Waals surface area (Å²) >= 11 is 5.87. The van der Waals surface area contributed by atoms with Crippen LogP contribution in [0.2, 0.25) is 5.28 Å². The zero-order valence-corrected chi connectivity index (χ0v) is 16.8. The zero-order valence-electron chi connectivity index (χ0n) is 16.0. The van der Waals surface area contributed by atoms with E-state index in [0.717, 1.165) is 19.0 Å². The van der Waals surface area contributed by atoms with Crippen molar-refractivity contribution >= 4 is 17.4 Å². The lowest BCUT2D eigenvalue weighted by Crippen LogP contribution is -2.52. The molecular formula is C18H21ClF3N5O2. The molecule has 158 valence electrons. The molecular weight excluding hydrogens is 411 g/mol. The third-order valence-electron chi connectivity index (χ3n) is 5.92. The fourth-order valence-electron chi connectivity index (χ4n) is 4.20. The van der Waals surface area contributed by atoms with Crippen LogP contribution in [-0.2, 0) is 23.6 Å². The molecule has 0 spiro atoms. The Morgan fingerprint density at radius 2 is 2.00 bits per heavy atom. The number of imidazole rings is 1. The first-order chi connectivity index (χ1) is 13.7. The molecule has 2 aliphatic heterocycles. The number of nitrogens with zero attached hydrogens (tertiary/aromatic N) is 4. The van der Waals surface area contributed by atoms with Gasteiger partial charge in [-0.15, -0.1) is 0 Å². The topological polar surface area (TPSA) is 74.1 Å². The molecule has 3 aliphatic rings. The third-order valence-corrected chi connectivity index (χ3v) is 6.11. The summed E-state index contributed by atoms with van der Waals surface area (Å²) in [5.74, 6) is 1.33. The van der Waals surface area contributed by atoms with Gasteiger partial charge in [-0.2, -0.15) is 18.2 Å². The van der Waals surface area contributed by atoms with E-state index in [0.29, 0.717) is 43.4 Å². The number of ether oxygens (including phenoxy) is 2.